The van der Waals surface area contributed by atoms with E-state index in [-0.39, 0.29) is 5.41 Å². The van der Waals surface area contributed by atoms with Crippen LogP contribution in [0.25, 0.3) is 5.65 Å². The largest absolute Gasteiger partial charge is 0.382 e. The topological polar surface area (TPSA) is 80.0 Å². The number of hydrogen-bond acceptors (Lipinski definition) is 5. The smallest absolute Gasteiger partial charge is 0.159 e. The minimum absolute atomic E-state index is 0.0769. The molecule has 0 saturated carbocycles. The lowest BCUT2D eigenvalue weighted by Gasteiger charge is -2.13. The molecule has 0 aliphatic rings. The summed E-state index contributed by atoms with van der Waals surface area (Å²) < 4.78 is 1.54. The highest BCUT2D eigenvalue weighted by atomic mass is 32.2. The van der Waals surface area contributed by atoms with Gasteiger partial charge in [-0.05, 0) is 6.26 Å². The number of aromatic nitrogens is 3. The Labute approximate surface area is 110 Å². The number of hydrogen-bond donors (Lipinski definition) is 1. The van der Waals surface area contributed by atoms with E-state index in [1.165, 1.54) is 11.8 Å². The van der Waals surface area contributed by atoms with Crippen LogP contribution in [0, 0.1) is 11.3 Å². The maximum Gasteiger partial charge on any atom is 0.159 e. The Morgan fingerprint density at radius 2 is 2.11 bits per heavy atom. The fourth-order valence-corrected chi connectivity index (χ4v) is 2.16. The number of rotatable bonds is 1. The van der Waals surface area contributed by atoms with E-state index in [1.807, 2.05) is 12.3 Å². The first-order chi connectivity index (χ1) is 8.38. The zero-order chi connectivity index (χ0) is 13.5. The lowest BCUT2D eigenvalue weighted by atomic mass is 9.93. The van der Waals surface area contributed by atoms with Crippen LogP contribution in [0.1, 0.15) is 32.0 Å². The molecule has 0 aliphatic carbocycles. The van der Waals surface area contributed by atoms with Gasteiger partial charge < -0.3 is 5.73 Å². The van der Waals surface area contributed by atoms with Crippen LogP contribution in [-0.2, 0) is 5.41 Å². The van der Waals surface area contributed by atoms with Crippen LogP contribution in [0.3, 0.4) is 0 Å². The first-order valence-corrected chi connectivity index (χ1v) is 6.74. The van der Waals surface area contributed by atoms with Crippen molar-refractivity contribution < 1.29 is 0 Å². The number of nitrogens with zero attached hydrogens (tertiary/aromatic N) is 4. The van der Waals surface area contributed by atoms with Gasteiger partial charge in [0, 0.05) is 11.5 Å². The van der Waals surface area contributed by atoms with Crippen molar-refractivity contribution >= 4 is 23.2 Å². The van der Waals surface area contributed by atoms with Crippen molar-refractivity contribution in [3.05, 3.63) is 17.3 Å². The lowest BCUT2D eigenvalue weighted by Crippen LogP contribution is -2.12. The zero-order valence-corrected chi connectivity index (χ0v) is 11.7. The number of nitrogen functional groups attached to an aromatic ring is 1. The molecule has 0 radical (unpaired) electrons. The van der Waals surface area contributed by atoms with Crippen LogP contribution in [0.5, 0.6) is 0 Å². The van der Waals surface area contributed by atoms with Gasteiger partial charge >= 0.3 is 0 Å². The molecule has 0 unspecified atom stereocenters. The Balaban J connectivity index is 2.79. The van der Waals surface area contributed by atoms with Crippen LogP contribution < -0.4 is 5.73 Å². The highest BCUT2D eigenvalue weighted by molar-refractivity contribution is 7.98. The van der Waals surface area contributed by atoms with Crippen LogP contribution >= 0.6 is 11.8 Å². The highest BCUT2D eigenvalue weighted by Crippen LogP contribution is 2.27. The van der Waals surface area contributed by atoms with Crippen molar-refractivity contribution in [3.8, 4) is 6.07 Å². The molecule has 0 spiro atoms. The van der Waals surface area contributed by atoms with Gasteiger partial charge in [0.2, 0.25) is 0 Å². The van der Waals surface area contributed by atoms with E-state index in [2.05, 4.69) is 36.9 Å². The van der Waals surface area contributed by atoms with Gasteiger partial charge in [-0.15, -0.1) is 11.8 Å². The summed E-state index contributed by atoms with van der Waals surface area (Å²) in [6.45, 7) is 6.23. The number of anilines is 1. The molecule has 0 amide bonds. The second kappa shape index (κ2) is 4.18. The molecule has 0 aliphatic heterocycles. The van der Waals surface area contributed by atoms with Gasteiger partial charge in [-0.25, -0.2) is 4.98 Å². The summed E-state index contributed by atoms with van der Waals surface area (Å²) in [5, 5.41) is 14.2. The Bertz CT molecular complexity index is 645. The summed E-state index contributed by atoms with van der Waals surface area (Å²) in [5.74, 6) is 0.349. The maximum atomic E-state index is 9.13. The van der Waals surface area contributed by atoms with Gasteiger partial charge in [0.05, 0.1) is 5.69 Å². The van der Waals surface area contributed by atoms with E-state index in [9.17, 15) is 0 Å². The highest BCUT2D eigenvalue weighted by Gasteiger charge is 2.21. The van der Waals surface area contributed by atoms with Gasteiger partial charge in [-0.2, -0.15) is 14.9 Å². The molecule has 2 rings (SSSR count). The Morgan fingerprint density at radius 3 is 2.61 bits per heavy atom. The minimum Gasteiger partial charge on any atom is -0.382 e. The van der Waals surface area contributed by atoms with Crippen LogP contribution in [0.2, 0.25) is 0 Å². The predicted octanol–water partition coefficient (Wildman–Crippen LogP) is 2.20. The number of thioether (sulfide) groups is 1. The van der Waals surface area contributed by atoms with E-state index in [0.29, 0.717) is 22.1 Å². The van der Waals surface area contributed by atoms with E-state index in [1.54, 1.807) is 4.52 Å². The lowest BCUT2D eigenvalue weighted by molar-refractivity contribution is 0.563. The molecule has 2 aromatic rings. The molecular weight excluding hydrogens is 246 g/mol. The summed E-state index contributed by atoms with van der Waals surface area (Å²) >= 11 is 1.41. The van der Waals surface area contributed by atoms with Crippen LogP contribution in [0.15, 0.2) is 11.1 Å². The van der Waals surface area contributed by atoms with Crippen molar-refractivity contribution in [1.82, 2.24) is 14.6 Å². The Morgan fingerprint density at radius 1 is 1.44 bits per heavy atom. The fourth-order valence-electron chi connectivity index (χ4n) is 1.62. The van der Waals surface area contributed by atoms with Crippen LogP contribution in [-0.4, -0.2) is 20.9 Å². The number of nitrogens with two attached hydrogens (primary N) is 1. The zero-order valence-electron chi connectivity index (χ0n) is 10.9. The average molecular weight is 261 g/mol. The number of fused-ring (bicyclic) bond motifs is 1. The molecule has 0 saturated heterocycles. The molecule has 0 aromatic carbocycles. The van der Waals surface area contributed by atoms with Crippen molar-refractivity contribution in [2.24, 2.45) is 0 Å². The van der Waals surface area contributed by atoms with Gasteiger partial charge in [0.25, 0.3) is 0 Å². The molecule has 0 fully saturated rings. The van der Waals surface area contributed by atoms with Gasteiger partial charge in [-0.3, -0.25) is 0 Å². The summed E-state index contributed by atoms with van der Waals surface area (Å²) in [6, 6.07) is 4.00. The van der Waals surface area contributed by atoms with E-state index >= 15 is 0 Å². The number of nitriles is 1. The van der Waals surface area contributed by atoms with Crippen molar-refractivity contribution in [3.63, 3.8) is 0 Å². The molecule has 94 valence electrons. The third-order valence-electron chi connectivity index (χ3n) is 2.68. The van der Waals surface area contributed by atoms with Crippen molar-refractivity contribution in [1.29, 1.82) is 5.26 Å². The van der Waals surface area contributed by atoms with E-state index in [4.69, 9.17) is 11.0 Å². The molecule has 0 bridgehead atoms. The molecule has 0 atom stereocenters. The maximum absolute atomic E-state index is 9.13. The molecule has 2 N–H and O–H groups in total. The second-order valence-electron chi connectivity index (χ2n) is 5.04. The Kier molecular flexibility index (Phi) is 2.95. The first-order valence-electron chi connectivity index (χ1n) is 5.52. The Hall–Kier alpha value is -1.74. The van der Waals surface area contributed by atoms with E-state index < -0.39 is 0 Å². The predicted molar refractivity (Wildman–Crippen MR) is 72.6 cm³/mol. The third kappa shape index (κ3) is 1.91. The summed E-state index contributed by atoms with van der Waals surface area (Å²) in [5.41, 5.74) is 7.89. The van der Waals surface area contributed by atoms with Crippen molar-refractivity contribution in [2.75, 3.05) is 12.0 Å². The fraction of sp³-hybridized carbons (Fsp3) is 0.417. The molecule has 5 nitrogen and oxygen atoms in total. The van der Waals surface area contributed by atoms with Gasteiger partial charge in [-0.1, -0.05) is 20.8 Å². The van der Waals surface area contributed by atoms with E-state index in [0.717, 1.165) is 5.69 Å². The first kappa shape index (κ1) is 12.7. The molecule has 2 aromatic heterocycles. The van der Waals surface area contributed by atoms with Crippen LogP contribution in [0.4, 0.5) is 5.82 Å². The monoisotopic (exact) mass is 261 g/mol. The summed E-state index contributed by atoms with van der Waals surface area (Å²) in [7, 11) is 0. The second-order valence-corrected chi connectivity index (χ2v) is 5.84. The molecular formula is C12H15N5S. The van der Waals surface area contributed by atoms with Gasteiger partial charge in [0.1, 0.15) is 22.5 Å². The van der Waals surface area contributed by atoms with Gasteiger partial charge in [0.15, 0.2) is 5.65 Å². The summed E-state index contributed by atoms with van der Waals surface area (Å²) in [4.78, 5) is 4.42. The average Bonchev–Trinajstić information content (AvgIpc) is 2.72. The van der Waals surface area contributed by atoms with Crippen molar-refractivity contribution in [2.45, 2.75) is 31.2 Å². The third-order valence-corrected chi connectivity index (χ3v) is 3.36. The molecule has 6 heteroatoms. The summed E-state index contributed by atoms with van der Waals surface area (Å²) in [6.07, 6.45) is 1.88. The molecule has 18 heavy (non-hydrogen) atoms. The SMILES string of the molecule is CSc1nc2cc(C(C)(C)C)nn2c(N)c1C#N. The molecule has 2 heterocycles. The normalized spacial score (nSPS) is 11.7. The quantitative estimate of drug-likeness (QED) is 0.628. The standard InChI is InChI=1S/C12H15N5S/c1-12(2,3)8-5-9-15-11(18-4)7(6-13)10(14)17(9)16-8/h5H,14H2,1-4H3. The minimum atomic E-state index is -0.0769.